The second-order valence-corrected chi connectivity index (χ2v) is 14.8. The molecule has 0 unspecified atom stereocenters. The third kappa shape index (κ3) is 11.2. The van der Waals surface area contributed by atoms with Crippen LogP contribution in [0, 0.1) is 0 Å². The summed E-state index contributed by atoms with van der Waals surface area (Å²) in [7, 11) is -6.18. The van der Waals surface area contributed by atoms with E-state index in [1.807, 2.05) is 0 Å². The molecule has 3 nitrogen and oxygen atoms in total. The molecule has 250 valence electrons. The van der Waals surface area contributed by atoms with E-state index in [9.17, 15) is 13.2 Å². The topological polar surface area (TPSA) is 57.2 Å². The highest BCUT2D eigenvalue weighted by atomic mass is 32.2. The van der Waals surface area contributed by atoms with Crippen molar-refractivity contribution in [3.8, 4) is 0 Å². The Morgan fingerprint density at radius 2 is 0.867 bits per heavy atom. The maximum atomic E-state index is 10.7. The summed E-state index contributed by atoms with van der Waals surface area (Å²) in [5.41, 5.74) is 3.84. The van der Waals surface area contributed by atoms with Gasteiger partial charge in [0.05, 0.1) is 0 Å². The molecule has 0 saturated heterocycles. The average Bonchev–Trinajstić information content (AvgIpc) is 2.96. The van der Waals surface area contributed by atoms with Crippen LogP contribution in [0.1, 0.15) is 113 Å². The van der Waals surface area contributed by atoms with E-state index in [2.05, 4.69) is 96.1 Å². The predicted molar refractivity (Wildman–Crippen MR) is 181 cm³/mol. The van der Waals surface area contributed by atoms with Gasteiger partial charge < -0.3 is 4.55 Å². The van der Waals surface area contributed by atoms with E-state index in [1.54, 1.807) is 32.0 Å². The summed E-state index contributed by atoms with van der Waals surface area (Å²) < 4.78 is 58.9. The lowest BCUT2D eigenvalue weighted by molar-refractivity contribution is -0.0517. The van der Waals surface area contributed by atoms with Gasteiger partial charge in [0, 0.05) is 22.3 Å². The summed E-state index contributed by atoms with van der Waals surface area (Å²) in [5.74, 6) is 0. The largest absolute Gasteiger partial charge is 0.741 e. The smallest absolute Gasteiger partial charge is 0.485 e. The predicted octanol–water partition coefficient (Wildman–Crippen LogP) is 10.5. The molecule has 0 aliphatic heterocycles. The highest BCUT2D eigenvalue weighted by Crippen LogP contribution is 2.42. The zero-order valence-electron chi connectivity index (χ0n) is 27.9. The fraction of sp³-hybridized carbons (Fsp3) is 0.514. The van der Waals surface area contributed by atoms with Crippen molar-refractivity contribution in [3.05, 3.63) is 88.0 Å². The summed E-state index contributed by atoms with van der Waals surface area (Å²) in [6.45, 7) is 14.0. The molecule has 0 spiro atoms. The molecular weight excluding hydrogens is 614 g/mol. The lowest BCUT2D eigenvalue weighted by Gasteiger charge is -2.22. The zero-order chi connectivity index (χ0) is 33.6. The molecule has 8 heteroatoms. The number of benzene rings is 3. The highest BCUT2D eigenvalue weighted by Gasteiger charge is 2.38. The van der Waals surface area contributed by atoms with E-state index < -0.39 is 15.6 Å². The first-order valence-corrected chi connectivity index (χ1v) is 19.1. The van der Waals surface area contributed by atoms with Gasteiger partial charge in [-0.15, -0.1) is 0 Å². The molecule has 0 aliphatic rings. The maximum Gasteiger partial charge on any atom is 0.485 e. The lowest BCUT2D eigenvalue weighted by atomic mass is 9.97. The normalized spacial score (nSPS) is 11.9. The van der Waals surface area contributed by atoms with Crippen LogP contribution in [-0.2, 0) is 59.5 Å². The first kappa shape index (κ1) is 38.9. The molecule has 0 radical (unpaired) electrons. The molecule has 3 rings (SSSR count). The van der Waals surface area contributed by atoms with Crippen LogP contribution in [0.4, 0.5) is 13.2 Å². The molecule has 3 aromatic carbocycles. The maximum absolute atomic E-state index is 10.7. The monoisotopic (exact) mass is 664 g/mol. The van der Waals surface area contributed by atoms with Crippen LogP contribution in [0.15, 0.2) is 69.3 Å². The van der Waals surface area contributed by atoms with Crippen molar-refractivity contribution in [2.24, 2.45) is 0 Å². The van der Waals surface area contributed by atoms with Crippen LogP contribution >= 0.6 is 0 Å². The van der Waals surface area contributed by atoms with Gasteiger partial charge >= 0.3 is 5.51 Å². The SMILES string of the molecule is CCCc1cc(CCC)c([S+](c2ccccc2)c2c(CCC)cc(CCC)cc2CCC)c(CCC)c1.O=S(=O)([O-])C(F)(F)F. The lowest BCUT2D eigenvalue weighted by Crippen LogP contribution is -2.21. The van der Waals surface area contributed by atoms with E-state index in [1.165, 1.54) is 93.1 Å². The van der Waals surface area contributed by atoms with Crippen LogP contribution in [0.2, 0.25) is 0 Å². The van der Waals surface area contributed by atoms with E-state index in [0.717, 1.165) is 0 Å². The van der Waals surface area contributed by atoms with Gasteiger partial charge in [-0.2, -0.15) is 13.2 Å². The van der Waals surface area contributed by atoms with Crippen LogP contribution < -0.4 is 0 Å². The van der Waals surface area contributed by atoms with Crippen LogP contribution in [-0.4, -0.2) is 18.5 Å². The van der Waals surface area contributed by atoms with E-state index in [0.29, 0.717) is 0 Å². The van der Waals surface area contributed by atoms with Gasteiger partial charge in [0.15, 0.2) is 24.8 Å². The van der Waals surface area contributed by atoms with Crippen molar-refractivity contribution in [3.63, 3.8) is 0 Å². The Kier molecular flexibility index (Phi) is 16.2. The molecule has 0 saturated carbocycles. The minimum Gasteiger partial charge on any atom is -0.741 e. The zero-order valence-corrected chi connectivity index (χ0v) is 29.5. The van der Waals surface area contributed by atoms with Gasteiger partial charge in [-0.3, -0.25) is 0 Å². The summed E-state index contributed by atoms with van der Waals surface area (Å²) in [6, 6.07) is 21.8. The third-order valence-corrected chi connectivity index (χ3v) is 10.6. The minimum absolute atomic E-state index is 0.0912. The fourth-order valence-electron chi connectivity index (χ4n) is 5.76. The molecule has 45 heavy (non-hydrogen) atoms. The summed E-state index contributed by atoms with van der Waals surface area (Å²) in [6.07, 6.45) is 14.2. The molecule has 0 aliphatic carbocycles. The van der Waals surface area contributed by atoms with Crippen molar-refractivity contribution < 1.29 is 26.1 Å². The average molecular weight is 665 g/mol. The summed E-state index contributed by atoms with van der Waals surface area (Å²) in [5, 5.41) is 0. The minimum atomic E-state index is -6.09. The second-order valence-electron chi connectivity index (χ2n) is 11.5. The van der Waals surface area contributed by atoms with Crippen molar-refractivity contribution in [2.75, 3.05) is 0 Å². The molecule has 0 N–H and O–H groups in total. The Labute approximate surface area is 273 Å². The molecule has 0 aromatic heterocycles. The van der Waals surface area contributed by atoms with E-state index in [-0.39, 0.29) is 10.9 Å². The molecule has 0 heterocycles. The third-order valence-electron chi connectivity index (χ3n) is 7.43. The van der Waals surface area contributed by atoms with Gasteiger partial charge in [0.1, 0.15) is 10.9 Å². The number of aryl methyl sites for hydroxylation is 6. The highest BCUT2D eigenvalue weighted by molar-refractivity contribution is 7.97. The Hall–Kier alpha value is -2.29. The van der Waals surface area contributed by atoms with Gasteiger partial charge in [0.25, 0.3) is 0 Å². The molecule has 0 bridgehead atoms. The Morgan fingerprint density at radius 3 is 1.11 bits per heavy atom. The number of hydrogen-bond donors (Lipinski definition) is 0. The molecular formula is C37H51F3O3S2. The summed E-state index contributed by atoms with van der Waals surface area (Å²) >= 11 is 0. The van der Waals surface area contributed by atoms with Gasteiger partial charge in [-0.05, 0) is 61.8 Å². The quantitative estimate of drug-likeness (QED) is 0.0923. The van der Waals surface area contributed by atoms with Crippen LogP contribution in [0.25, 0.3) is 0 Å². The second kappa shape index (κ2) is 18.8. The summed E-state index contributed by atoms with van der Waals surface area (Å²) in [4.78, 5) is 4.78. The first-order valence-electron chi connectivity index (χ1n) is 16.5. The Balaban J connectivity index is 0.000000777. The fourth-order valence-corrected chi connectivity index (χ4v) is 8.56. The number of rotatable bonds is 15. The van der Waals surface area contributed by atoms with E-state index >= 15 is 0 Å². The molecule has 0 atom stereocenters. The van der Waals surface area contributed by atoms with E-state index in [4.69, 9.17) is 13.0 Å². The van der Waals surface area contributed by atoms with Crippen molar-refractivity contribution in [1.29, 1.82) is 0 Å². The Morgan fingerprint density at radius 1 is 0.578 bits per heavy atom. The van der Waals surface area contributed by atoms with Gasteiger partial charge in [0.2, 0.25) is 0 Å². The van der Waals surface area contributed by atoms with Crippen LogP contribution in [0.3, 0.4) is 0 Å². The Bertz CT molecular complexity index is 1310. The van der Waals surface area contributed by atoms with Crippen molar-refractivity contribution in [1.82, 2.24) is 0 Å². The van der Waals surface area contributed by atoms with Gasteiger partial charge in [-0.25, -0.2) is 8.42 Å². The van der Waals surface area contributed by atoms with Crippen LogP contribution in [0.5, 0.6) is 0 Å². The first-order chi connectivity index (χ1) is 21.4. The number of alkyl halides is 3. The van der Waals surface area contributed by atoms with Crippen molar-refractivity contribution >= 4 is 21.0 Å². The molecule has 0 fully saturated rings. The van der Waals surface area contributed by atoms with Gasteiger partial charge in [-0.1, -0.05) is 123 Å². The standard InChI is InChI=1S/C36H51S.CHF3O3S/c1-7-16-28-24-30(18-9-3)35(31(25-28)19-10-4)37(34-22-14-13-15-23-34)36-32(20-11-5)26-29(17-8-2)27-33(36)21-12-6;2-1(3,4)8(5,6)7/h13-15,22-27H,7-12,16-21H2,1-6H3;(H,5,6,7)/q+1;/p-1. The number of hydrogen-bond acceptors (Lipinski definition) is 3. The molecule has 3 aromatic rings. The molecule has 0 amide bonds. The van der Waals surface area contributed by atoms with Crippen molar-refractivity contribution in [2.45, 2.75) is 139 Å². The number of halogens is 3.